The summed E-state index contributed by atoms with van der Waals surface area (Å²) in [5.41, 5.74) is 1.07. The molecule has 2 heterocycles. The van der Waals surface area contributed by atoms with E-state index in [0.717, 1.165) is 0 Å². The molecule has 0 saturated heterocycles. The molecule has 2 aromatic heterocycles. The van der Waals surface area contributed by atoms with Gasteiger partial charge in [-0.15, -0.1) is 0 Å². The van der Waals surface area contributed by atoms with Crippen LogP contribution in [0.4, 0.5) is 10.1 Å². The number of anilines is 1. The molecule has 1 aromatic carbocycles. The van der Waals surface area contributed by atoms with Crippen LogP contribution in [-0.4, -0.2) is 27.0 Å². The molecule has 7 heteroatoms. The number of carbonyl (C=O) groups is 1. The van der Waals surface area contributed by atoms with Gasteiger partial charge in [0.25, 0.3) is 5.91 Å². The number of aromatic nitrogens is 3. The van der Waals surface area contributed by atoms with E-state index in [9.17, 15) is 9.18 Å². The van der Waals surface area contributed by atoms with Gasteiger partial charge in [0.1, 0.15) is 5.82 Å². The lowest BCUT2D eigenvalue weighted by Gasteiger charge is -2.09. The maximum absolute atomic E-state index is 14.2. The lowest BCUT2D eigenvalue weighted by atomic mass is 10.2. The second kappa shape index (κ2) is 6.91. The van der Waals surface area contributed by atoms with Crippen LogP contribution < -0.4 is 10.1 Å². The maximum atomic E-state index is 14.2. The smallest absolute Gasteiger partial charge is 0.257 e. The monoisotopic (exact) mass is 326 g/mol. The van der Waals surface area contributed by atoms with Crippen molar-refractivity contribution in [2.75, 3.05) is 11.9 Å². The summed E-state index contributed by atoms with van der Waals surface area (Å²) in [6.45, 7) is 2.35. The number of pyridine rings is 1. The highest BCUT2D eigenvalue weighted by Gasteiger charge is 2.10. The van der Waals surface area contributed by atoms with E-state index in [1.807, 2.05) is 6.92 Å². The van der Waals surface area contributed by atoms with Crippen LogP contribution in [-0.2, 0) is 0 Å². The van der Waals surface area contributed by atoms with E-state index < -0.39 is 5.82 Å². The molecule has 0 radical (unpaired) electrons. The largest absolute Gasteiger partial charge is 0.478 e. The predicted molar refractivity (Wildman–Crippen MR) is 86.9 cm³/mol. The molecule has 3 rings (SSSR count). The second-order valence-corrected chi connectivity index (χ2v) is 4.91. The third-order valence-electron chi connectivity index (χ3n) is 3.28. The van der Waals surface area contributed by atoms with E-state index in [2.05, 4.69) is 15.3 Å². The zero-order chi connectivity index (χ0) is 16.9. The lowest BCUT2D eigenvalue weighted by Crippen LogP contribution is -2.12. The molecule has 0 aliphatic heterocycles. The number of ether oxygens (including phenoxy) is 1. The Kier molecular flexibility index (Phi) is 4.51. The summed E-state index contributed by atoms with van der Waals surface area (Å²) in [5.74, 6) is -0.388. The van der Waals surface area contributed by atoms with E-state index in [1.54, 1.807) is 41.2 Å². The highest BCUT2D eigenvalue weighted by Crippen LogP contribution is 2.19. The number of hydrogen-bond acceptors (Lipinski definition) is 4. The van der Waals surface area contributed by atoms with Gasteiger partial charge in [-0.25, -0.2) is 14.4 Å². The fourth-order valence-electron chi connectivity index (χ4n) is 2.15. The Balaban J connectivity index is 1.73. The first-order valence-corrected chi connectivity index (χ1v) is 7.35. The van der Waals surface area contributed by atoms with Crippen LogP contribution in [0.3, 0.4) is 0 Å². The molecule has 0 spiro atoms. The molecule has 0 unspecified atom stereocenters. The molecule has 24 heavy (non-hydrogen) atoms. The Bertz CT molecular complexity index is 832. The van der Waals surface area contributed by atoms with Crippen molar-refractivity contribution in [3.8, 4) is 11.6 Å². The molecule has 0 fully saturated rings. The van der Waals surface area contributed by atoms with Crippen LogP contribution in [0.15, 0.2) is 55.2 Å². The van der Waals surface area contributed by atoms with Crippen molar-refractivity contribution in [2.24, 2.45) is 0 Å². The Labute approximate surface area is 137 Å². The molecule has 1 amide bonds. The standard InChI is InChI=1S/C17H15FN4O2/c1-2-24-16-6-3-12(10-20-16)17(23)21-13-4-5-15(14(18)9-13)22-8-7-19-11-22/h3-11H,2H2,1H3,(H,21,23). The zero-order valence-corrected chi connectivity index (χ0v) is 12.9. The average Bonchev–Trinajstić information content (AvgIpc) is 3.10. The molecule has 122 valence electrons. The molecule has 0 aliphatic rings. The first kappa shape index (κ1) is 15.7. The number of nitrogens with zero attached hydrogens (tertiary/aromatic N) is 3. The fourth-order valence-corrected chi connectivity index (χ4v) is 2.15. The SMILES string of the molecule is CCOc1ccc(C(=O)Nc2ccc(-n3ccnc3)c(F)c2)cn1. The van der Waals surface area contributed by atoms with Crippen molar-refractivity contribution in [1.82, 2.24) is 14.5 Å². The van der Waals surface area contributed by atoms with Gasteiger partial charge in [-0.2, -0.15) is 0 Å². The van der Waals surface area contributed by atoms with Crippen LogP contribution in [0.5, 0.6) is 5.88 Å². The molecule has 0 bridgehead atoms. The quantitative estimate of drug-likeness (QED) is 0.782. The van der Waals surface area contributed by atoms with Gasteiger partial charge in [0.2, 0.25) is 5.88 Å². The molecular weight excluding hydrogens is 311 g/mol. The Morgan fingerprint density at radius 1 is 1.33 bits per heavy atom. The van der Waals surface area contributed by atoms with Crippen molar-refractivity contribution >= 4 is 11.6 Å². The van der Waals surface area contributed by atoms with Gasteiger partial charge in [0.15, 0.2) is 0 Å². The fraction of sp³-hybridized carbons (Fsp3) is 0.118. The van der Waals surface area contributed by atoms with E-state index in [-0.39, 0.29) is 5.91 Å². The minimum atomic E-state index is -0.462. The van der Waals surface area contributed by atoms with Gasteiger partial charge in [-0.1, -0.05) is 0 Å². The second-order valence-electron chi connectivity index (χ2n) is 4.91. The molecule has 6 nitrogen and oxygen atoms in total. The van der Waals surface area contributed by atoms with Crippen molar-refractivity contribution in [3.63, 3.8) is 0 Å². The highest BCUT2D eigenvalue weighted by molar-refractivity contribution is 6.04. The summed E-state index contributed by atoms with van der Waals surface area (Å²) in [4.78, 5) is 20.1. The number of amides is 1. The van der Waals surface area contributed by atoms with Crippen LogP contribution in [0.1, 0.15) is 17.3 Å². The van der Waals surface area contributed by atoms with Crippen molar-refractivity contribution in [2.45, 2.75) is 6.92 Å². The number of hydrogen-bond donors (Lipinski definition) is 1. The molecular formula is C17H15FN4O2. The Morgan fingerprint density at radius 2 is 2.21 bits per heavy atom. The number of carbonyl (C=O) groups excluding carboxylic acids is 1. The Morgan fingerprint density at radius 3 is 2.83 bits per heavy atom. The minimum Gasteiger partial charge on any atom is -0.478 e. The van der Waals surface area contributed by atoms with Crippen molar-refractivity contribution in [1.29, 1.82) is 0 Å². The summed E-state index contributed by atoms with van der Waals surface area (Å²) >= 11 is 0. The molecule has 0 saturated carbocycles. The van der Waals surface area contributed by atoms with Gasteiger partial charge >= 0.3 is 0 Å². The van der Waals surface area contributed by atoms with E-state index in [4.69, 9.17) is 4.74 Å². The van der Waals surface area contributed by atoms with E-state index >= 15 is 0 Å². The summed E-state index contributed by atoms with van der Waals surface area (Å²) < 4.78 is 21.0. The highest BCUT2D eigenvalue weighted by atomic mass is 19.1. The lowest BCUT2D eigenvalue weighted by molar-refractivity contribution is 0.102. The van der Waals surface area contributed by atoms with Crippen molar-refractivity contribution in [3.05, 3.63) is 66.6 Å². The normalized spacial score (nSPS) is 10.4. The summed E-state index contributed by atoms with van der Waals surface area (Å²) in [5, 5.41) is 2.64. The summed E-state index contributed by atoms with van der Waals surface area (Å²) in [6, 6.07) is 7.67. The topological polar surface area (TPSA) is 69.0 Å². The van der Waals surface area contributed by atoms with Gasteiger partial charge < -0.3 is 14.6 Å². The van der Waals surface area contributed by atoms with E-state index in [0.29, 0.717) is 29.4 Å². The average molecular weight is 326 g/mol. The number of benzene rings is 1. The first-order chi connectivity index (χ1) is 11.7. The van der Waals surface area contributed by atoms with Gasteiger partial charge in [-0.3, -0.25) is 4.79 Å². The number of rotatable bonds is 5. The number of halogens is 1. The number of nitrogens with one attached hydrogen (secondary N) is 1. The molecule has 1 N–H and O–H groups in total. The molecule has 0 aliphatic carbocycles. The zero-order valence-electron chi connectivity index (χ0n) is 12.9. The summed E-state index contributed by atoms with van der Waals surface area (Å²) in [7, 11) is 0. The van der Waals surface area contributed by atoms with Gasteiger partial charge in [0, 0.05) is 30.3 Å². The van der Waals surface area contributed by atoms with Crippen LogP contribution in [0, 0.1) is 5.82 Å². The van der Waals surface area contributed by atoms with Gasteiger partial charge in [-0.05, 0) is 31.2 Å². The third-order valence-corrected chi connectivity index (χ3v) is 3.28. The molecule has 3 aromatic rings. The van der Waals surface area contributed by atoms with Crippen LogP contribution in [0.2, 0.25) is 0 Å². The summed E-state index contributed by atoms with van der Waals surface area (Å²) in [6.07, 6.45) is 6.12. The molecule has 0 atom stereocenters. The first-order valence-electron chi connectivity index (χ1n) is 7.35. The maximum Gasteiger partial charge on any atom is 0.257 e. The minimum absolute atomic E-state index is 0.355. The van der Waals surface area contributed by atoms with E-state index in [1.165, 1.54) is 18.6 Å². The van der Waals surface area contributed by atoms with Crippen LogP contribution in [0.25, 0.3) is 5.69 Å². The van der Waals surface area contributed by atoms with Crippen LogP contribution >= 0.6 is 0 Å². The third kappa shape index (κ3) is 3.40. The predicted octanol–water partition coefficient (Wildman–Crippen LogP) is 3.06. The van der Waals surface area contributed by atoms with Crippen molar-refractivity contribution < 1.29 is 13.9 Å². The van der Waals surface area contributed by atoms with Gasteiger partial charge in [0.05, 0.1) is 24.2 Å². The Hall–Kier alpha value is -3.22. The number of imidazole rings is 1.